The monoisotopic (exact) mass is 814 g/mol. The number of carbonyl (C=O) groups excluding carboxylic acids is 6. The Morgan fingerprint density at radius 1 is 0.746 bits per heavy atom. The Kier molecular flexibility index (Phi) is 18.2. The van der Waals surface area contributed by atoms with Gasteiger partial charge in [-0.1, -0.05) is 91.0 Å². The van der Waals surface area contributed by atoms with Crippen molar-refractivity contribution >= 4 is 42.0 Å². The molecule has 16 nitrogen and oxygen atoms in total. The van der Waals surface area contributed by atoms with E-state index in [1.165, 1.54) is 4.90 Å². The minimum Gasteiger partial charge on any atom is -0.461 e. The second kappa shape index (κ2) is 23.7. The largest absolute Gasteiger partial charge is 0.461 e. The fourth-order valence-electron chi connectivity index (χ4n) is 5.87. The Morgan fingerprint density at radius 2 is 1.27 bits per heavy atom. The molecule has 0 bridgehead atoms. The number of nitrogens with one attached hydrogen (secondary N) is 4. The number of rotatable bonds is 16. The van der Waals surface area contributed by atoms with Crippen LogP contribution in [-0.4, -0.2) is 84.7 Å². The van der Waals surface area contributed by atoms with E-state index in [0.717, 1.165) is 16.7 Å². The number of benzene rings is 3. The summed E-state index contributed by atoms with van der Waals surface area (Å²) in [6.07, 6.45) is -1.14. The number of amides is 5. The number of ether oxygens (including phenoxy) is 4. The molecule has 4 rings (SSSR count). The van der Waals surface area contributed by atoms with Crippen LogP contribution in [0, 0.1) is 5.92 Å². The summed E-state index contributed by atoms with van der Waals surface area (Å²) in [5.41, 5.74) is 1.53. The quantitative estimate of drug-likeness (QED) is 0.0480. The van der Waals surface area contributed by atoms with Gasteiger partial charge in [0.2, 0.25) is 17.8 Å². The molecule has 1 aliphatic heterocycles. The number of aliphatic imine (C=N–C) groups is 1. The Labute approximate surface area is 344 Å². The molecule has 4 N–H and O–H groups in total. The van der Waals surface area contributed by atoms with Crippen LogP contribution in [-0.2, 0) is 53.2 Å². The van der Waals surface area contributed by atoms with Crippen molar-refractivity contribution in [2.45, 2.75) is 84.3 Å². The molecule has 1 unspecified atom stereocenters. The molecule has 5 amide bonds. The third kappa shape index (κ3) is 17.7. The van der Waals surface area contributed by atoms with Crippen molar-refractivity contribution in [3.8, 4) is 0 Å². The van der Waals surface area contributed by atoms with Crippen molar-refractivity contribution in [3.05, 3.63) is 108 Å². The summed E-state index contributed by atoms with van der Waals surface area (Å²) in [4.78, 5) is 83.4. The van der Waals surface area contributed by atoms with Crippen LogP contribution in [0.1, 0.15) is 69.6 Å². The molecule has 1 aliphatic rings. The van der Waals surface area contributed by atoms with Gasteiger partial charge in [0, 0.05) is 26.2 Å². The Morgan fingerprint density at radius 3 is 1.80 bits per heavy atom. The van der Waals surface area contributed by atoms with Crippen LogP contribution in [0.4, 0.5) is 14.4 Å². The number of nitrogens with zero attached hydrogens (tertiary/aromatic N) is 2. The number of carbonyl (C=O) groups is 6. The van der Waals surface area contributed by atoms with E-state index in [1.807, 2.05) is 42.5 Å². The van der Waals surface area contributed by atoms with E-state index >= 15 is 0 Å². The van der Waals surface area contributed by atoms with Crippen LogP contribution in [0.25, 0.3) is 0 Å². The van der Waals surface area contributed by atoms with Gasteiger partial charge in [-0.25, -0.2) is 14.4 Å². The average Bonchev–Trinajstić information content (AvgIpc) is 3.22. The maximum absolute atomic E-state index is 13.9. The lowest BCUT2D eigenvalue weighted by molar-refractivity contribution is -0.144. The summed E-state index contributed by atoms with van der Waals surface area (Å²) < 4.78 is 21.3. The Bertz CT molecular complexity index is 1800. The zero-order chi connectivity index (χ0) is 42.5. The third-order valence-electron chi connectivity index (χ3n) is 8.75. The predicted octanol–water partition coefficient (Wildman–Crippen LogP) is 5.36. The molecule has 3 aromatic carbocycles. The van der Waals surface area contributed by atoms with Gasteiger partial charge >= 0.3 is 24.2 Å². The van der Waals surface area contributed by atoms with Crippen molar-refractivity contribution in [3.63, 3.8) is 0 Å². The first kappa shape index (κ1) is 45.3. The minimum atomic E-state index is -1.04. The molecule has 316 valence electrons. The summed E-state index contributed by atoms with van der Waals surface area (Å²) in [7, 11) is 0. The van der Waals surface area contributed by atoms with Crippen LogP contribution in [0.3, 0.4) is 0 Å². The Hall–Kier alpha value is -6.45. The van der Waals surface area contributed by atoms with Gasteiger partial charge in [0.1, 0.15) is 31.5 Å². The lowest BCUT2D eigenvalue weighted by Crippen LogP contribution is -2.53. The minimum absolute atomic E-state index is 0.00516. The number of guanidine groups is 1. The second-order valence-corrected chi connectivity index (χ2v) is 14.8. The lowest BCUT2D eigenvalue weighted by atomic mass is 9.96. The SMILES string of the molecule is CC(C)(C)OC(=O)N[C@@H](CCCN=C(NC(=O)OCc1ccccc1)NC(=O)OCc1ccccc1)C(=O)N1CCCC(C(=O)NCCC(=O)OCc2ccccc2)C1. The van der Waals surface area contributed by atoms with Crippen molar-refractivity contribution in [1.82, 2.24) is 26.2 Å². The van der Waals surface area contributed by atoms with Crippen molar-refractivity contribution in [2.24, 2.45) is 10.9 Å². The molecular weight excluding hydrogens is 761 g/mol. The first-order valence-corrected chi connectivity index (χ1v) is 19.6. The van der Waals surface area contributed by atoms with E-state index in [1.54, 1.807) is 69.3 Å². The Balaban J connectivity index is 1.34. The van der Waals surface area contributed by atoms with E-state index in [2.05, 4.69) is 26.3 Å². The number of esters is 1. The maximum Gasteiger partial charge on any atom is 0.414 e. The molecule has 0 aliphatic carbocycles. The number of hydrogen-bond acceptors (Lipinski definition) is 11. The molecule has 0 spiro atoms. The number of likely N-dealkylation sites (tertiary alicyclic amines) is 1. The van der Waals surface area contributed by atoms with Crippen molar-refractivity contribution in [2.75, 3.05) is 26.2 Å². The van der Waals surface area contributed by atoms with Gasteiger partial charge in [0.25, 0.3) is 0 Å². The van der Waals surface area contributed by atoms with Gasteiger partial charge in [-0.2, -0.15) is 0 Å². The molecule has 0 aromatic heterocycles. The van der Waals surface area contributed by atoms with Crippen LogP contribution in [0.15, 0.2) is 96.0 Å². The predicted molar refractivity (Wildman–Crippen MR) is 217 cm³/mol. The van der Waals surface area contributed by atoms with Crippen LogP contribution in [0.5, 0.6) is 0 Å². The topological polar surface area (TPSA) is 203 Å². The molecule has 1 heterocycles. The number of alkyl carbamates (subject to hydrolysis) is 3. The fourth-order valence-corrected chi connectivity index (χ4v) is 5.87. The average molecular weight is 815 g/mol. The van der Waals surface area contributed by atoms with E-state index in [0.29, 0.717) is 19.4 Å². The van der Waals surface area contributed by atoms with Gasteiger partial charge in [-0.3, -0.25) is 30.0 Å². The van der Waals surface area contributed by atoms with Crippen molar-refractivity contribution < 1.29 is 47.7 Å². The molecule has 1 fully saturated rings. The number of piperidine rings is 1. The molecule has 2 atom stereocenters. The maximum atomic E-state index is 13.9. The highest BCUT2D eigenvalue weighted by Crippen LogP contribution is 2.19. The second-order valence-electron chi connectivity index (χ2n) is 14.8. The van der Waals surface area contributed by atoms with Gasteiger partial charge in [0.15, 0.2) is 0 Å². The summed E-state index contributed by atoms with van der Waals surface area (Å²) in [6, 6.07) is 26.3. The van der Waals surface area contributed by atoms with Crippen LogP contribution >= 0.6 is 0 Å². The normalized spacial score (nSPS) is 14.1. The highest BCUT2D eigenvalue weighted by molar-refractivity contribution is 6.01. The molecule has 1 saturated heterocycles. The zero-order valence-electron chi connectivity index (χ0n) is 33.8. The van der Waals surface area contributed by atoms with Gasteiger partial charge in [-0.15, -0.1) is 0 Å². The van der Waals surface area contributed by atoms with Gasteiger partial charge in [-0.05, 0) is 63.1 Å². The number of hydrogen-bond donors (Lipinski definition) is 4. The molecule has 59 heavy (non-hydrogen) atoms. The smallest absolute Gasteiger partial charge is 0.414 e. The van der Waals surface area contributed by atoms with E-state index < -0.39 is 47.7 Å². The molecule has 0 saturated carbocycles. The summed E-state index contributed by atoms with van der Waals surface area (Å²) >= 11 is 0. The highest BCUT2D eigenvalue weighted by Gasteiger charge is 2.33. The van der Waals surface area contributed by atoms with Crippen molar-refractivity contribution in [1.29, 1.82) is 0 Å². The van der Waals surface area contributed by atoms with Gasteiger partial charge in [0.05, 0.1) is 12.3 Å². The zero-order valence-corrected chi connectivity index (χ0v) is 33.8. The molecule has 0 radical (unpaired) electrons. The van der Waals surface area contributed by atoms with Crippen LogP contribution in [0.2, 0.25) is 0 Å². The lowest BCUT2D eigenvalue weighted by Gasteiger charge is -2.34. The standard InChI is InChI=1S/C43H54N6O10/c1-43(2,3)59-42(55)46-35(38(52)49-26-14-21-34(27-49)37(51)44-25-23-36(50)56-28-31-15-7-4-8-16-31)22-13-24-45-39(47-40(53)57-29-32-17-9-5-10-18-32)48-41(54)58-30-33-19-11-6-12-20-33/h4-12,15-20,34-35H,13-14,21-30H2,1-3H3,(H,44,51)(H,46,55)(H2,45,47,48,53,54)/t34?,35-/m0/s1. The first-order chi connectivity index (χ1) is 28.3. The summed E-state index contributed by atoms with van der Waals surface area (Å²) in [5, 5.41) is 10.3. The van der Waals surface area contributed by atoms with Gasteiger partial charge < -0.3 is 34.5 Å². The van der Waals surface area contributed by atoms with E-state index in [-0.39, 0.29) is 70.6 Å². The summed E-state index contributed by atoms with van der Waals surface area (Å²) in [5.74, 6) is -1.91. The molecule has 16 heteroatoms. The van der Waals surface area contributed by atoms with E-state index in [4.69, 9.17) is 18.9 Å². The third-order valence-corrected chi connectivity index (χ3v) is 8.75. The highest BCUT2D eigenvalue weighted by atomic mass is 16.6. The summed E-state index contributed by atoms with van der Waals surface area (Å²) in [6.45, 7) is 5.76. The van der Waals surface area contributed by atoms with Crippen LogP contribution < -0.4 is 21.3 Å². The van der Waals surface area contributed by atoms with E-state index in [9.17, 15) is 28.8 Å². The molecular formula is C43H54N6O10. The first-order valence-electron chi connectivity index (χ1n) is 19.6. The molecule has 3 aromatic rings. The fraction of sp³-hybridized carbons (Fsp3) is 0.419.